The molecule has 158 valence electrons. The average Bonchev–Trinajstić information content (AvgIpc) is 2.88. The average molecular weight is 431 g/mol. The molecule has 1 heterocycles. The first-order valence-corrected chi connectivity index (χ1v) is 11.0. The van der Waals surface area contributed by atoms with E-state index in [1.54, 1.807) is 24.3 Å². The Hall–Kier alpha value is -1.64. The highest BCUT2D eigenvalue weighted by Crippen LogP contribution is 2.22. The van der Waals surface area contributed by atoms with Crippen LogP contribution in [0.25, 0.3) is 0 Å². The number of nitrogens with one attached hydrogen (secondary N) is 2. The lowest BCUT2D eigenvalue weighted by atomic mass is 10.0. The number of rotatable bonds is 10. The number of carbonyl (C=O) groups excluding carboxylic acids is 1. The van der Waals surface area contributed by atoms with Crippen LogP contribution in [-0.2, 0) is 14.8 Å². The van der Waals surface area contributed by atoms with E-state index < -0.39 is 10.0 Å². The molecule has 28 heavy (non-hydrogen) atoms. The van der Waals surface area contributed by atoms with E-state index in [1.165, 1.54) is 0 Å². The molecule has 0 radical (unpaired) electrons. The predicted molar refractivity (Wildman–Crippen MR) is 114 cm³/mol. The molecule has 4 N–H and O–H groups in total. The summed E-state index contributed by atoms with van der Waals surface area (Å²) in [6, 6.07) is 6.86. The number of amides is 1. The Bertz CT molecular complexity index is 781. The molecule has 7 nitrogen and oxygen atoms in total. The molecule has 0 bridgehead atoms. The molecule has 0 aliphatic carbocycles. The first-order valence-electron chi connectivity index (χ1n) is 9.49. The van der Waals surface area contributed by atoms with Gasteiger partial charge in [-0.15, -0.1) is 12.4 Å². The summed E-state index contributed by atoms with van der Waals surface area (Å²) >= 11 is 0. The Morgan fingerprint density at radius 2 is 1.93 bits per heavy atom. The van der Waals surface area contributed by atoms with Crippen molar-refractivity contribution in [3.63, 3.8) is 0 Å². The fourth-order valence-electron chi connectivity index (χ4n) is 3.10. The lowest BCUT2D eigenvalue weighted by Crippen LogP contribution is -2.40. The second kappa shape index (κ2) is 11.4. The van der Waals surface area contributed by atoms with Crippen LogP contribution >= 0.6 is 12.4 Å². The summed E-state index contributed by atoms with van der Waals surface area (Å²) in [6.07, 6.45) is 3.79. The lowest BCUT2D eigenvalue weighted by molar-refractivity contribution is -0.121. The Morgan fingerprint density at radius 1 is 1.21 bits per heavy atom. The zero-order valence-electron chi connectivity index (χ0n) is 16.5. The topological polar surface area (TPSA) is 114 Å². The van der Waals surface area contributed by atoms with Crippen LogP contribution in [0, 0.1) is 5.92 Å². The highest BCUT2D eigenvalue weighted by molar-refractivity contribution is 7.90. The van der Waals surface area contributed by atoms with Gasteiger partial charge in [0.2, 0.25) is 5.91 Å². The van der Waals surface area contributed by atoms with Crippen molar-refractivity contribution in [3.05, 3.63) is 29.8 Å². The number of aliphatic imine (C=N–C) groups is 1. The van der Waals surface area contributed by atoms with Gasteiger partial charge in [-0.2, -0.15) is 0 Å². The van der Waals surface area contributed by atoms with Crippen LogP contribution in [0.5, 0.6) is 0 Å². The van der Waals surface area contributed by atoms with Crippen molar-refractivity contribution < 1.29 is 13.2 Å². The number of nitrogens with two attached hydrogens (primary N) is 1. The minimum absolute atomic E-state index is 0. The number of hydrogen-bond acceptors (Lipinski definition) is 5. The number of nitrogens with zero attached hydrogens (tertiary/aromatic N) is 1. The quantitative estimate of drug-likeness (QED) is 0.493. The van der Waals surface area contributed by atoms with Crippen LogP contribution in [0.1, 0.15) is 51.5 Å². The van der Waals surface area contributed by atoms with E-state index >= 15 is 0 Å². The summed E-state index contributed by atoms with van der Waals surface area (Å²) < 4.78 is 26.5. The van der Waals surface area contributed by atoms with E-state index in [4.69, 9.17) is 5.73 Å². The lowest BCUT2D eigenvalue weighted by Gasteiger charge is -2.18. The first kappa shape index (κ1) is 24.4. The molecule has 0 spiro atoms. The van der Waals surface area contributed by atoms with Crippen LogP contribution in [0.15, 0.2) is 34.2 Å². The minimum Gasteiger partial charge on any atom is -0.352 e. The summed E-state index contributed by atoms with van der Waals surface area (Å²) in [5, 5.41) is 2.99. The van der Waals surface area contributed by atoms with Gasteiger partial charge < -0.3 is 11.1 Å². The fraction of sp³-hybridized carbons (Fsp3) is 0.579. The molecule has 9 heteroatoms. The number of amidine groups is 1. The van der Waals surface area contributed by atoms with E-state index in [2.05, 4.69) is 28.9 Å². The zero-order chi connectivity index (χ0) is 19.9. The first-order chi connectivity index (χ1) is 12.8. The zero-order valence-corrected chi connectivity index (χ0v) is 18.1. The number of benzene rings is 1. The van der Waals surface area contributed by atoms with E-state index in [0.717, 1.165) is 25.7 Å². The summed E-state index contributed by atoms with van der Waals surface area (Å²) in [5.41, 5.74) is 6.32. The van der Waals surface area contributed by atoms with Crippen molar-refractivity contribution in [1.82, 2.24) is 10.0 Å². The van der Waals surface area contributed by atoms with Crippen molar-refractivity contribution in [1.29, 1.82) is 0 Å². The summed E-state index contributed by atoms with van der Waals surface area (Å²) in [6.45, 7) is 5.20. The number of carbonyl (C=O) groups is 1. The third-order valence-electron chi connectivity index (χ3n) is 4.40. The van der Waals surface area contributed by atoms with Crippen molar-refractivity contribution in [2.24, 2.45) is 16.6 Å². The Balaban J connectivity index is 0.00000392. The highest BCUT2D eigenvalue weighted by atomic mass is 35.5. The maximum Gasteiger partial charge on any atom is 0.263 e. The van der Waals surface area contributed by atoms with Gasteiger partial charge in [-0.1, -0.05) is 32.4 Å². The number of unbranched alkanes of at least 4 members (excludes halogenated alkanes) is 2. The van der Waals surface area contributed by atoms with E-state index in [0.29, 0.717) is 36.8 Å². The molecule has 2 rings (SSSR count). The third kappa shape index (κ3) is 7.07. The van der Waals surface area contributed by atoms with E-state index in [9.17, 15) is 13.2 Å². The molecule has 1 aromatic rings. The second-order valence-electron chi connectivity index (χ2n) is 7.27. The Labute approximate surface area is 174 Å². The smallest absolute Gasteiger partial charge is 0.263 e. The van der Waals surface area contributed by atoms with Crippen LogP contribution in [0.3, 0.4) is 0 Å². The maximum atomic E-state index is 12.0. The van der Waals surface area contributed by atoms with Crippen LogP contribution in [-0.4, -0.2) is 39.3 Å². The van der Waals surface area contributed by atoms with Gasteiger partial charge in [-0.25, -0.2) is 8.42 Å². The highest BCUT2D eigenvalue weighted by Gasteiger charge is 2.29. The number of sulfonamides is 1. The molecule has 1 atom stereocenters. The number of halogens is 1. The molecular weight excluding hydrogens is 400 g/mol. The van der Waals surface area contributed by atoms with Gasteiger partial charge in [-0.05, 0) is 37.3 Å². The van der Waals surface area contributed by atoms with Crippen LogP contribution in [0.4, 0.5) is 0 Å². The Kier molecular flexibility index (Phi) is 9.92. The van der Waals surface area contributed by atoms with Gasteiger partial charge in [0, 0.05) is 31.1 Å². The Morgan fingerprint density at radius 3 is 2.61 bits per heavy atom. The monoisotopic (exact) mass is 430 g/mol. The number of hydrogen-bond donors (Lipinski definition) is 3. The van der Waals surface area contributed by atoms with Crippen molar-refractivity contribution >= 4 is 34.2 Å². The molecule has 0 aromatic heterocycles. The van der Waals surface area contributed by atoms with Gasteiger partial charge in [0.1, 0.15) is 5.84 Å². The fourth-order valence-corrected chi connectivity index (χ4v) is 4.35. The maximum absolute atomic E-state index is 12.0. The molecule has 0 saturated carbocycles. The molecule has 1 aliphatic heterocycles. The third-order valence-corrected chi connectivity index (χ3v) is 5.80. The minimum atomic E-state index is -3.48. The van der Waals surface area contributed by atoms with Crippen molar-refractivity contribution in [2.75, 3.05) is 13.1 Å². The molecule has 1 unspecified atom stereocenters. The second-order valence-corrected chi connectivity index (χ2v) is 8.92. The normalized spacial score (nSPS) is 16.9. The predicted octanol–water partition coefficient (Wildman–Crippen LogP) is 2.20. The molecule has 1 aromatic carbocycles. The summed E-state index contributed by atoms with van der Waals surface area (Å²) in [7, 11) is -3.48. The van der Waals surface area contributed by atoms with Gasteiger partial charge >= 0.3 is 0 Å². The standard InChI is InChI=1S/C19H30N4O3S.ClH/c1-14(2)12-15(13-20)22-18(24)10-4-3-7-11-21-19-16-8-5-6-9-17(16)27(25,26)23-19;/h5-6,8-9,14-15H,3-4,7,10-13,20H2,1-2H3,(H,21,23)(H,22,24);1H. The summed E-state index contributed by atoms with van der Waals surface area (Å²) in [4.78, 5) is 16.6. The molecule has 0 fully saturated rings. The summed E-state index contributed by atoms with van der Waals surface area (Å²) in [5.74, 6) is 0.939. The molecular formula is C19H31ClN4O3S. The molecule has 0 saturated heterocycles. The number of fused-ring (bicyclic) bond motifs is 1. The SMILES string of the molecule is CC(C)CC(CN)NC(=O)CCCCCN=C1NS(=O)(=O)c2ccccc21.Cl. The van der Waals surface area contributed by atoms with Crippen LogP contribution in [0.2, 0.25) is 0 Å². The van der Waals surface area contributed by atoms with E-state index in [1.807, 2.05) is 0 Å². The van der Waals surface area contributed by atoms with Crippen LogP contribution < -0.4 is 15.8 Å². The van der Waals surface area contributed by atoms with Gasteiger partial charge in [0.25, 0.3) is 10.0 Å². The molecule has 1 amide bonds. The largest absolute Gasteiger partial charge is 0.352 e. The van der Waals surface area contributed by atoms with Crippen molar-refractivity contribution in [3.8, 4) is 0 Å². The van der Waals surface area contributed by atoms with E-state index in [-0.39, 0.29) is 29.3 Å². The van der Waals surface area contributed by atoms with Gasteiger partial charge in [0.05, 0.1) is 4.90 Å². The van der Waals surface area contributed by atoms with Gasteiger partial charge in [-0.3, -0.25) is 14.5 Å². The van der Waals surface area contributed by atoms with Crippen molar-refractivity contribution in [2.45, 2.75) is 56.9 Å². The van der Waals surface area contributed by atoms with Gasteiger partial charge in [0.15, 0.2) is 0 Å². The molecule has 1 aliphatic rings.